The molecule has 0 unspecified atom stereocenters. The van der Waals surface area contributed by atoms with E-state index in [1.165, 1.54) is 0 Å². The molecule has 0 fully saturated rings. The molecule has 2 aromatic rings. The largest absolute Gasteiger partial charge is 0.302 e. The maximum Gasteiger partial charge on any atom is 0.112 e. The van der Waals surface area contributed by atoms with Crippen LogP contribution >= 0.6 is 38.9 Å². The van der Waals surface area contributed by atoms with Gasteiger partial charge in [-0.25, -0.2) is 4.98 Å². The number of thiazole rings is 1. The highest BCUT2D eigenvalue weighted by Crippen LogP contribution is 2.25. The molecular weight excluding hydrogens is 332 g/mol. The summed E-state index contributed by atoms with van der Waals surface area (Å²) in [6.07, 6.45) is 1.83. The number of aromatic nitrogens is 1. The Bertz CT molecular complexity index is 526. The molecule has 0 atom stereocenters. The standard InChI is InChI=1S/C13H14BrClN2S/c1-13(2,12-16-5-6-18-12)17-8-9-3-4-10(14)11(15)7-9/h3-7,17H,8H2,1-2H3. The van der Waals surface area contributed by atoms with Crippen molar-refractivity contribution in [3.8, 4) is 0 Å². The molecule has 5 heteroatoms. The van der Waals surface area contributed by atoms with Crippen LogP contribution in [0.15, 0.2) is 34.2 Å². The van der Waals surface area contributed by atoms with Crippen molar-refractivity contribution in [1.82, 2.24) is 10.3 Å². The zero-order chi connectivity index (χ0) is 13.2. The van der Waals surface area contributed by atoms with Crippen LogP contribution in [-0.4, -0.2) is 4.98 Å². The molecule has 1 N–H and O–H groups in total. The zero-order valence-corrected chi connectivity index (χ0v) is 13.4. The fourth-order valence-electron chi connectivity index (χ4n) is 1.58. The second kappa shape index (κ2) is 5.70. The third-order valence-electron chi connectivity index (χ3n) is 2.69. The molecule has 0 saturated heterocycles. The van der Waals surface area contributed by atoms with Gasteiger partial charge in [0.25, 0.3) is 0 Å². The number of hydrogen-bond donors (Lipinski definition) is 1. The number of nitrogens with zero attached hydrogens (tertiary/aromatic N) is 1. The zero-order valence-electron chi connectivity index (χ0n) is 10.2. The van der Waals surface area contributed by atoms with E-state index >= 15 is 0 Å². The quantitative estimate of drug-likeness (QED) is 0.877. The van der Waals surface area contributed by atoms with Crippen LogP contribution in [0.5, 0.6) is 0 Å². The molecule has 0 saturated carbocycles. The van der Waals surface area contributed by atoms with Gasteiger partial charge in [-0.2, -0.15) is 0 Å². The van der Waals surface area contributed by atoms with Crippen LogP contribution < -0.4 is 5.32 Å². The van der Waals surface area contributed by atoms with Gasteiger partial charge in [-0.1, -0.05) is 17.7 Å². The fraction of sp³-hybridized carbons (Fsp3) is 0.308. The Kier molecular flexibility index (Phi) is 4.43. The van der Waals surface area contributed by atoms with Gasteiger partial charge in [0, 0.05) is 22.6 Å². The lowest BCUT2D eigenvalue weighted by Gasteiger charge is -2.24. The van der Waals surface area contributed by atoms with Crippen molar-refractivity contribution in [3.63, 3.8) is 0 Å². The molecule has 96 valence electrons. The minimum atomic E-state index is -0.131. The van der Waals surface area contributed by atoms with Crippen molar-refractivity contribution in [2.24, 2.45) is 0 Å². The summed E-state index contributed by atoms with van der Waals surface area (Å²) in [5.41, 5.74) is 1.03. The molecule has 1 heterocycles. The first-order chi connectivity index (χ1) is 8.49. The monoisotopic (exact) mass is 344 g/mol. The minimum absolute atomic E-state index is 0.131. The average molecular weight is 346 g/mol. The Morgan fingerprint density at radius 3 is 2.83 bits per heavy atom. The number of nitrogens with one attached hydrogen (secondary N) is 1. The van der Waals surface area contributed by atoms with Gasteiger partial charge in [-0.05, 0) is 47.5 Å². The van der Waals surface area contributed by atoms with E-state index in [2.05, 4.69) is 46.1 Å². The number of benzene rings is 1. The van der Waals surface area contributed by atoms with E-state index in [1.807, 2.05) is 23.7 Å². The molecule has 0 bridgehead atoms. The summed E-state index contributed by atoms with van der Waals surface area (Å²) in [4.78, 5) is 4.35. The topological polar surface area (TPSA) is 24.9 Å². The van der Waals surface area contributed by atoms with E-state index in [4.69, 9.17) is 11.6 Å². The average Bonchev–Trinajstić information content (AvgIpc) is 2.85. The molecule has 1 aromatic heterocycles. The predicted octanol–water partition coefficient (Wildman–Crippen LogP) is 4.58. The van der Waals surface area contributed by atoms with Gasteiger partial charge in [-0.15, -0.1) is 11.3 Å². The van der Waals surface area contributed by atoms with E-state index in [0.29, 0.717) is 0 Å². The van der Waals surface area contributed by atoms with Crippen molar-refractivity contribution in [2.75, 3.05) is 0 Å². The van der Waals surface area contributed by atoms with E-state index in [-0.39, 0.29) is 5.54 Å². The molecule has 18 heavy (non-hydrogen) atoms. The summed E-state index contributed by atoms with van der Waals surface area (Å²) in [7, 11) is 0. The predicted molar refractivity (Wildman–Crippen MR) is 81.1 cm³/mol. The molecule has 0 radical (unpaired) electrons. The van der Waals surface area contributed by atoms with Crippen molar-refractivity contribution in [3.05, 3.63) is 49.8 Å². The van der Waals surface area contributed by atoms with Crippen LogP contribution in [0.1, 0.15) is 24.4 Å². The number of hydrogen-bond acceptors (Lipinski definition) is 3. The van der Waals surface area contributed by atoms with Crippen LogP contribution in [0.4, 0.5) is 0 Å². The molecule has 0 aliphatic heterocycles. The van der Waals surface area contributed by atoms with Crippen molar-refractivity contribution in [1.29, 1.82) is 0 Å². The highest BCUT2D eigenvalue weighted by atomic mass is 79.9. The molecule has 2 nitrogen and oxygen atoms in total. The summed E-state index contributed by atoms with van der Waals surface area (Å²) in [5, 5.41) is 7.32. The van der Waals surface area contributed by atoms with E-state index in [0.717, 1.165) is 26.6 Å². The van der Waals surface area contributed by atoms with Crippen LogP contribution in [0, 0.1) is 0 Å². The van der Waals surface area contributed by atoms with Gasteiger partial charge in [-0.3, -0.25) is 0 Å². The van der Waals surface area contributed by atoms with Gasteiger partial charge in [0.15, 0.2) is 0 Å². The van der Waals surface area contributed by atoms with Crippen molar-refractivity contribution < 1.29 is 0 Å². The summed E-state index contributed by atoms with van der Waals surface area (Å²) >= 11 is 11.1. The van der Waals surface area contributed by atoms with E-state index < -0.39 is 0 Å². The summed E-state index contributed by atoms with van der Waals surface area (Å²) in [5.74, 6) is 0. The number of rotatable bonds is 4. The Labute approximate surface area is 125 Å². The van der Waals surface area contributed by atoms with Gasteiger partial charge < -0.3 is 5.32 Å². The third kappa shape index (κ3) is 3.32. The molecule has 0 spiro atoms. The van der Waals surface area contributed by atoms with Gasteiger partial charge in [0.05, 0.1) is 10.6 Å². The molecule has 1 aromatic carbocycles. The lowest BCUT2D eigenvalue weighted by atomic mass is 10.1. The fourth-order valence-corrected chi connectivity index (χ4v) is 2.77. The summed E-state index contributed by atoms with van der Waals surface area (Å²) < 4.78 is 0.923. The molecule has 2 rings (SSSR count). The lowest BCUT2D eigenvalue weighted by Crippen LogP contribution is -2.35. The number of halogens is 2. The minimum Gasteiger partial charge on any atom is -0.302 e. The van der Waals surface area contributed by atoms with Gasteiger partial charge >= 0.3 is 0 Å². The van der Waals surface area contributed by atoms with Crippen LogP contribution in [0.3, 0.4) is 0 Å². The van der Waals surface area contributed by atoms with Gasteiger partial charge in [0.2, 0.25) is 0 Å². The van der Waals surface area contributed by atoms with Crippen LogP contribution in [0.2, 0.25) is 5.02 Å². The Hall–Kier alpha value is -0.420. The normalized spacial score (nSPS) is 11.8. The first kappa shape index (κ1) is 14.0. The van der Waals surface area contributed by atoms with Crippen LogP contribution in [-0.2, 0) is 12.1 Å². The SMILES string of the molecule is CC(C)(NCc1ccc(Br)c(Cl)c1)c1nccs1. The highest BCUT2D eigenvalue weighted by Gasteiger charge is 2.22. The maximum absolute atomic E-state index is 6.08. The summed E-state index contributed by atoms with van der Waals surface area (Å²) in [6.45, 7) is 5.03. The molecular formula is C13H14BrClN2S. The Balaban J connectivity index is 2.05. The second-order valence-corrected chi connectivity index (χ2v) is 6.72. The first-order valence-corrected chi connectivity index (χ1v) is 7.63. The lowest BCUT2D eigenvalue weighted by molar-refractivity contribution is 0.399. The first-order valence-electron chi connectivity index (χ1n) is 5.58. The molecule has 0 aliphatic carbocycles. The summed E-state index contributed by atoms with van der Waals surface area (Å²) in [6, 6.07) is 5.99. The van der Waals surface area contributed by atoms with Crippen LogP contribution in [0.25, 0.3) is 0 Å². The van der Waals surface area contributed by atoms with E-state index in [1.54, 1.807) is 11.3 Å². The van der Waals surface area contributed by atoms with E-state index in [9.17, 15) is 0 Å². The molecule has 0 amide bonds. The highest BCUT2D eigenvalue weighted by molar-refractivity contribution is 9.10. The van der Waals surface area contributed by atoms with Crippen molar-refractivity contribution in [2.45, 2.75) is 25.9 Å². The Morgan fingerprint density at radius 1 is 1.44 bits per heavy atom. The Morgan fingerprint density at radius 2 is 2.22 bits per heavy atom. The van der Waals surface area contributed by atoms with Crippen molar-refractivity contribution >= 4 is 38.9 Å². The smallest absolute Gasteiger partial charge is 0.112 e. The maximum atomic E-state index is 6.08. The van der Waals surface area contributed by atoms with Gasteiger partial charge in [0.1, 0.15) is 5.01 Å². The third-order valence-corrected chi connectivity index (χ3v) is 5.01. The molecule has 0 aliphatic rings. The second-order valence-electron chi connectivity index (χ2n) is 4.56.